The fraction of sp³-hybridized carbons (Fsp3) is 0.464. The van der Waals surface area contributed by atoms with E-state index in [0.717, 1.165) is 23.5 Å². The zero-order chi connectivity index (χ0) is 32.7. The summed E-state index contributed by atoms with van der Waals surface area (Å²) in [6, 6.07) is 5.04. The number of carbonyl (C=O) groups is 2. The van der Waals surface area contributed by atoms with Crippen LogP contribution in [0.5, 0.6) is 17.2 Å². The molecule has 9 rings (SSSR count). The van der Waals surface area contributed by atoms with E-state index in [1.807, 2.05) is 4.90 Å². The molecule has 0 radical (unpaired) electrons. The smallest absolute Gasteiger partial charge is 0.496 e. The van der Waals surface area contributed by atoms with Crippen LogP contribution in [-0.2, 0) is 9.84 Å². The molecule has 2 N–H and O–H groups in total. The maximum absolute atomic E-state index is 13.9. The van der Waals surface area contributed by atoms with Gasteiger partial charge in [0, 0.05) is 24.7 Å². The van der Waals surface area contributed by atoms with Gasteiger partial charge in [-0.2, -0.15) is 13.2 Å². The lowest BCUT2D eigenvalue weighted by Crippen LogP contribution is -2.78. The predicted octanol–water partition coefficient (Wildman–Crippen LogP) is 4.47. The van der Waals surface area contributed by atoms with Gasteiger partial charge in [0.2, 0.25) is 0 Å². The van der Waals surface area contributed by atoms with Gasteiger partial charge in [-0.15, -0.1) is 8.78 Å². The zero-order valence-corrected chi connectivity index (χ0v) is 25.4. The molecule has 3 aliphatic heterocycles. The van der Waals surface area contributed by atoms with Crippen molar-refractivity contribution in [3.05, 3.63) is 35.4 Å². The number of methoxy groups -OCH3 is 1. The van der Waals surface area contributed by atoms with Gasteiger partial charge >= 0.3 is 12.5 Å². The van der Waals surface area contributed by atoms with Gasteiger partial charge in [-0.05, 0) is 43.9 Å². The third-order valence-corrected chi connectivity index (χ3v) is 13.4. The fourth-order valence-corrected chi connectivity index (χ4v) is 10.1. The van der Waals surface area contributed by atoms with E-state index in [2.05, 4.69) is 25.1 Å². The molecule has 0 atom stereocenters. The summed E-state index contributed by atoms with van der Waals surface area (Å²) in [6.07, 6.45) is -8.82. The molecule has 2 saturated heterocycles. The van der Waals surface area contributed by atoms with E-state index < -0.39 is 61.3 Å². The molecule has 2 bridgehead atoms. The molecule has 18 heteroatoms. The van der Waals surface area contributed by atoms with Gasteiger partial charge in [0.25, 0.3) is 11.8 Å². The molecule has 2 amide bonds. The monoisotopic (exact) mass is 686 g/mol. The van der Waals surface area contributed by atoms with E-state index in [-0.39, 0.29) is 60.7 Å². The highest BCUT2D eigenvalue weighted by atomic mass is 32.2. The maximum Gasteiger partial charge on any atom is 0.586 e. The van der Waals surface area contributed by atoms with Crippen LogP contribution in [0.15, 0.2) is 24.3 Å². The molecule has 1 spiro atoms. The summed E-state index contributed by atoms with van der Waals surface area (Å²) >= 11 is 1.13. The van der Waals surface area contributed by atoms with Gasteiger partial charge in [0.15, 0.2) is 26.5 Å². The summed E-state index contributed by atoms with van der Waals surface area (Å²) in [6.45, 7) is 0.555. The molecule has 11 nitrogen and oxygen atoms in total. The lowest BCUT2D eigenvalue weighted by molar-refractivity contribution is -0.336. The van der Waals surface area contributed by atoms with Gasteiger partial charge in [-0.3, -0.25) is 9.59 Å². The van der Waals surface area contributed by atoms with E-state index in [0.29, 0.717) is 21.8 Å². The molecular weight excluding hydrogens is 663 g/mol. The number of halogens is 5. The van der Waals surface area contributed by atoms with Crippen molar-refractivity contribution in [2.45, 2.75) is 48.4 Å². The van der Waals surface area contributed by atoms with Crippen LogP contribution in [0.1, 0.15) is 46.4 Å². The summed E-state index contributed by atoms with van der Waals surface area (Å²) in [5.41, 5.74) is -3.12. The predicted molar refractivity (Wildman–Crippen MR) is 153 cm³/mol. The SMILES string of the molecule is COc1ccc2nc(N3CC4(CCS4(=O)=O)C3)sc2c1C(=O)Nc1cc2c(cc1C(=O)NC13CC(C(F)(F)F)(C1)C3)OC(F)(F)O2. The van der Waals surface area contributed by atoms with Crippen molar-refractivity contribution >= 4 is 54.0 Å². The molecule has 0 unspecified atom stereocenters. The Morgan fingerprint density at radius 2 is 1.74 bits per heavy atom. The van der Waals surface area contributed by atoms with Crippen LogP contribution in [0, 0.1) is 5.41 Å². The number of ether oxygens (including phenoxy) is 3. The first-order valence-electron chi connectivity index (χ1n) is 14.1. The van der Waals surface area contributed by atoms with Gasteiger partial charge in [-0.25, -0.2) is 13.4 Å². The Kier molecular flexibility index (Phi) is 5.70. The van der Waals surface area contributed by atoms with E-state index in [4.69, 9.17) is 4.74 Å². The van der Waals surface area contributed by atoms with Crippen LogP contribution >= 0.6 is 11.3 Å². The van der Waals surface area contributed by atoms with E-state index >= 15 is 0 Å². The summed E-state index contributed by atoms with van der Waals surface area (Å²) in [5, 5.41) is 5.63. The molecular formula is C28H23F5N4O7S2. The second kappa shape index (κ2) is 8.90. The molecule has 46 heavy (non-hydrogen) atoms. The second-order valence-electron chi connectivity index (χ2n) is 12.6. The van der Waals surface area contributed by atoms with Crippen molar-refractivity contribution in [1.29, 1.82) is 0 Å². The molecule has 3 aromatic rings. The quantitative estimate of drug-likeness (QED) is 0.360. The first kappa shape index (κ1) is 29.5. The average Bonchev–Trinajstić information content (AvgIpc) is 3.44. The number of hydrogen-bond donors (Lipinski definition) is 2. The Hall–Kier alpha value is -3.93. The Morgan fingerprint density at radius 3 is 2.33 bits per heavy atom. The minimum Gasteiger partial charge on any atom is -0.496 e. The van der Waals surface area contributed by atoms with Crippen molar-refractivity contribution in [3.8, 4) is 17.2 Å². The lowest BCUT2D eigenvalue weighted by Gasteiger charge is -2.70. The van der Waals surface area contributed by atoms with Crippen molar-refractivity contribution in [2.24, 2.45) is 5.41 Å². The molecule has 2 aromatic carbocycles. The summed E-state index contributed by atoms with van der Waals surface area (Å²) in [5.74, 6) is -2.39. The lowest BCUT2D eigenvalue weighted by atomic mass is 9.39. The Balaban J connectivity index is 1.10. The number of rotatable bonds is 6. The van der Waals surface area contributed by atoms with Crippen LogP contribution < -0.4 is 29.7 Å². The molecule has 1 aromatic heterocycles. The first-order valence-corrected chi connectivity index (χ1v) is 16.5. The molecule has 4 heterocycles. The van der Waals surface area contributed by atoms with Gasteiger partial charge < -0.3 is 29.7 Å². The minimum atomic E-state index is -4.41. The third kappa shape index (κ3) is 4.04. The number of anilines is 2. The maximum atomic E-state index is 13.9. The number of hydrogen-bond acceptors (Lipinski definition) is 10. The van der Waals surface area contributed by atoms with E-state index in [9.17, 15) is 40.0 Å². The number of benzene rings is 2. The summed E-state index contributed by atoms with van der Waals surface area (Å²) in [7, 11) is -1.83. The number of sulfone groups is 1. The van der Waals surface area contributed by atoms with Crippen molar-refractivity contribution < 1.29 is 54.2 Å². The number of amides is 2. The van der Waals surface area contributed by atoms with Crippen LogP contribution in [0.25, 0.3) is 10.2 Å². The number of fused-ring (bicyclic) bond motifs is 2. The Morgan fingerprint density at radius 1 is 1.07 bits per heavy atom. The first-order chi connectivity index (χ1) is 21.5. The number of alkyl halides is 5. The highest BCUT2D eigenvalue weighted by Crippen LogP contribution is 2.73. The molecule has 5 fully saturated rings. The number of aromatic nitrogens is 1. The summed E-state index contributed by atoms with van der Waals surface area (Å²) in [4.78, 5) is 33.6. The zero-order valence-electron chi connectivity index (χ0n) is 23.7. The average molecular weight is 687 g/mol. The minimum absolute atomic E-state index is 0.0103. The highest BCUT2D eigenvalue weighted by molar-refractivity contribution is 7.94. The van der Waals surface area contributed by atoms with Crippen LogP contribution in [0.3, 0.4) is 0 Å². The Labute approximate surface area is 260 Å². The third-order valence-electron chi connectivity index (χ3n) is 9.71. The van der Waals surface area contributed by atoms with Crippen LogP contribution in [-0.4, -0.2) is 73.9 Å². The highest BCUT2D eigenvalue weighted by Gasteiger charge is 2.79. The van der Waals surface area contributed by atoms with Gasteiger partial charge in [0.05, 0.1) is 39.7 Å². The fourth-order valence-electron chi connectivity index (χ4n) is 7.18. The number of nitrogens with zero attached hydrogens (tertiary/aromatic N) is 2. The van der Waals surface area contributed by atoms with Gasteiger partial charge in [-0.1, -0.05) is 11.3 Å². The normalized spacial score (nSPS) is 27.2. The van der Waals surface area contributed by atoms with E-state index in [1.165, 1.54) is 13.2 Å². The second-order valence-corrected chi connectivity index (χ2v) is 16.1. The van der Waals surface area contributed by atoms with Crippen molar-refractivity contribution in [3.63, 3.8) is 0 Å². The molecule has 6 aliphatic rings. The van der Waals surface area contributed by atoms with Crippen molar-refractivity contribution in [2.75, 3.05) is 36.2 Å². The molecule has 244 valence electrons. The molecule has 3 aliphatic carbocycles. The number of carbonyl (C=O) groups excluding carboxylic acids is 2. The van der Waals surface area contributed by atoms with Crippen LogP contribution in [0.2, 0.25) is 0 Å². The van der Waals surface area contributed by atoms with Crippen LogP contribution in [0.4, 0.5) is 32.8 Å². The van der Waals surface area contributed by atoms with E-state index in [1.54, 1.807) is 6.07 Å². The van der Waals surface area contributed by atoms with Gasteiger partial charge in [0.1, 0.15) is 16.1 Å². The topological polar surface area (TPSA) is 136 Å². The van der Waals surface area contributed by atoms with Crippen molar-refractivity contribution in [1.82, 2.24) is 10.3 Å². The number of thiazole rings is 1. The number of nitrogens with one attached hydrogen (secondary N) is 2. The summed E-state index contributed by atoms with van der Waals surface area (Å²) < 4.78 is 106. The largest absolute Gasteiger partial charge is 0.586 e. The standard InChI is InChI=1S/C28H23F5N4O7S2/c1-42-16-3-2-14-20(45-23(35-14)37-11-26(12-37)4-5-46(26,40)41)19(16)22(39)34-15-7-18-17(43-28(32,33)44-18)6-13(15)21(38)36-25-8-24(9-25,10-25)27(29,30)31/h2-3,6-7H,4-5,8-12H2,1H3,(H,34,39)(H,36,38). The Bertz CT molecular complexity index is 1970. The molecule has 3 saturated carbocycles.